The molecule has 102 valence electrons. The van der Waals surface area contributed by atoms with Crippen LogP contribution in [-0.2, 0) is 9.84 Å². The van der Waals surface area contributed by atoms with Gasteiger partial charge in [0.15, 0.2) is 0 Å². The maximum Gasteiger partial charge on any atom is 0.573 e. The van der Waals surface area contributed by atoms with Crippen LogP contribution in [0.1, 0.15) is 0 Å². The maximum atomic E-state index is 12.1. The standard InChI is InChI=1S/C8H4F6O3S/c9-7(10,11)17-5-1-3-6(4-2-5)18(15,16)8(12,13)14/h1-4H. The highest BCUT2D eigenvalue weighted by atomic mass is 32.2. The lowest BCUT2D eigenvalue weighted by Gasteiger charge is -2.10. The smallest absolute Gasteiger partial charge is 0.406 e. The Kier molecular flexibility index (Phi) is 3.52. The van der Waals surface area contributed by atoms with E-state index in [0.717, 1.165) is 0 Å². The van der Waals surface area contributed by atoms with Crippen molar-refractivity contribution < 1.29 is 39.5 Å². The van der Waals surface area contributed by atoms with Crippen molar-refractivity contribution in [2.75, 3.05) is 0 Å². The van der Waals surface area contributed by atoms with E-state index >= 15 is 0 Å². The summed E-state index contributed by atoms with van der Waals surface area (Å²) in [5, 5.41) is 0. The molecule has 0 radical (unpaired) electrons. The fraction of sp³-hybridized carbons (Fsp3) is 0.250. The molecule has 1 aromatic rings. The van der Waals surface area contributed by atoms with Gasteiger partial charge in [-0.15, -0.1) is 13.2 Å². The van der Waals surface area contributed by atoms with Gasteiger partial charge < -0.3 is 4.74 Å². The van der Waals surface area contributed by atoms with Gasteiger partial charge in [0, 0.05) is 0 Å². The van der Waals surface area contributed by atoms with Crippen LogP contribution in [0.3, 0.4) is 0 Å². The second kappa shape index (κ2) is 4.34. The van der Waals surface area contributed by atoms with Gasteiger partial charge in [0.05, 0.1) is 4.90 Å². The van der Waals surface area contributed by atoms with Crippen molar-refractivity contribution in [1.82, 2.24) is 0 Å². The molecule has 0 aromatic heterocycles. The second-order valence-corrected chi connectivity index (χ2v) is 4.91. The third-order valence-electron chi connectivity index (χ3n) is 1.67. The first-order valence-electron chi connectivity index (χ1n) is 4.11. The molecule has 0 bridgehead atoms. The minimum atomic E-state index is -5.57. The lowest BCUT2D eigenvalue weighted by Crippen LogP contribution is -2.23. The average molecular weight is 294 g/mol. The first kappa shape index (κ1) is 14.6. The lowest BCUT2D eigenvalue weighted by atomic mass is 10.3. The molecule has 0 unspecified atom stereocenters. The van der Waals surface area contributed by atoms with E-state index < -0.39 is 32.4 Å². The fourth-order valence-corrected chi connectivity index (χ4v) is 1.72. The normalized spacial score (nSPS) is 13.4. The predicted octanol–water partition coefficient (Wildman–Crippen LogP) is 2.88. The zero-order valence-corrected chi connectivity index (χ0v) is 9.03. The van der Waals surface area contributed by atoms with Gasteiger partial charge >= 0.3 is 11.9 Å². The summed E-state index contributed by atoms with van der Waals surface area (Å²) >= 11 is 0. The molecule has 3 nitrogen and oxygen atoms in total. The van der Waals surface area contributed by atoms with Crippen LogP contribution < -0.4 is 4.74 Å². The number of rotatable bonds is 2. The second-order valence-electron chi connectivity index (χ2n) is 2.97. The zero-order valence-electron chi connectivity index (χ0n) is 8.21. The Morgan fingerprint density at radius 2 is 1.33 bits per heavy atom. The quantitative estimate of drug-likeness (QED) is 0.788. The van der Waals surface area contributed by atoms with Crippen LogP contribution in [0.4, 0.5) is 26.3 Å². The molecule has 0 aliphatic rings. The van der Waals surface area contributed by atoms with Crippen molar-refractivity contribution in [3.8, 4) is 5.75 Å². The number of sulfone groups is 1. The molecule has 1 aromatic carbocycles. The van der Waals surface area contributed by atoms with Crippen molar-refractivity contribution in [3.05, 3.63) is 24.3 Å². The number of halogens is 6. The molecule has 10 heteroatoms. The molecule has 0 fully saturated rings. The van der Waals surface area contributed by atoms with Gasteiger partial charge in [0.25, 0.3) is 9.84 Å². The van der Waals surface area contributed by atoms with Crippen molar-refractivity contribution >= 4 is 9.84 Å². The molecule has 0 amide bonds. The van der Waals surface area contributed by atoms with Gasteiger partial charge in [-0.3, -0.25) is 0 Å². The number of alkyl halides is 6. The highest BCUT2D eigenvalue weighted by molar-refractivity contribution is 7.92. The van der Waals surface area contributed by atoms with E-state index in [1.165, 1.54) is 0 Å². The Hall–Kier alpha value is -1.45. The van der Waals surface area contributed by atoms with E-state index in [2.05, 4.69) is 4.74 Å². The Morgan fingerprint density at radius 3 is 1.67 bits per heavy atom. The molecule has 0 aliphatic carbocycles. The molecule has 0 aliphatic heterocycles. The van der Waals surface area contributed by atoms with Gasteiger partial charge in [-0.1, -0.05) is 0 Å². The van der Waals surface area contributed by atoms with Gasteiger partial charge in [-0.2, -0.15) is 13.2 Å². The van der Waals surface area contributed by atoms with Gasteiger partial charge in [-0.05, 0) is 24.3 Å². The molecular weight excluding hydrogens is 290 g/mol. The Bertz CT molecular complexity index is 513. The Morgan fingerprint density at radius 1 is 0.889 bits per heavy atom. The summed E-state index contributed by atoms with van der Waals surface area (Å²) in [6.45, 7) is 0. The molecule has 0 atom stereocenters. The fourth-order valence-electron chi connectivity index (χ4n) is 0.954. The number of hydrogen-bond donors (Lipinski definition) is 0. The minimum absolute atomic E-state index is 0.379. The van der Waals surface area contributed by atoms with Gasteiger partial charge in [0.2, 0.25) is 0 Å². The summed E-state index contributed by atoms with van der Waals surface area (Å²) in [6.07, 6.45) is -5.01. The van der Waals surface area contributed by atoms with Crippen LogP contribution in [0.5, 0.6) is 5.75 Å². The highest BCUT2D eigenvalue weighted by Gasteiger charge is 2.46. The van der Waals surface area contributed by atoms with Crippen LogP contribution in [0.25, 0.3) is 0 Å². The predicted molar refractivity (Wildman–Crippen MR) is 46.4 cm³/mol. The van der Waals surface area contributed by atoms with Crippen LogP contribution in [0.2, 0.25) is 0 Å². The number of benzene rings is 1. The number of hydrogen-bond acceptors (Lipinski definition) is 3. The summed E-state index contributed by atoms with van der Waals surface area (Å²) in [4.78, 5) is -1.16. The van der Waals surface area contributed by atoms with E-state index in [-0.39, 0.29) is 0 Å². The van der Waals surface area contributed by atoms with Crippen molar-refractivity contribution in [2.24, 2.45) is 0 Å². The molecular formula is C8H4F6O3S. The highest BCUT2D eigenvalue weighted by Crippen LogP contribution is 2.31. The molecule has 0 spiro atoms. The first-order valence-corrected chi connectivity index (χ1v) is 5.59. The topological polar surface area (TPSA) is 43.4 Å². The number of ether oxygens (including phenoxy) is 1. The van der Waals surface area contributed by atoms with E-state index in [9.17, 15) is 34.8 Å². The summed E-state index contributed by atoms with van der Waals surface area (Å²) < 4.78 is 96.6. The first-order chi connectivity index (χ1) is 7.93. The molecule has 1 rings (SSSR count). The zero-order chi connectivity index (χ0) is 14.2. The van der Waals surface area contributed by atoms with Gasteiger partial charge in [0.1, 0.15) is 5.75 Å². The third kappa shape index (κ3) is 3.28. The van der Waals surface area contributed by atoms with E-state index in [1.807, 2.05) is 0 Å². The van der Waals surface area contributed by atoms with E-state index in [0.29, 0.717) is 24.3 Å². The van der Waals surface area contributed by atoms with Crippen LogP contribution >= 0.6 is 0 Å². The molecule has 0 saturated carbocycles. The lowest BCUT2D eigenvalue weighted by molar-refractivity contribution is -0.274. The summed E-state index contributed by atoms with van der Waals surface area (Å²) in [7, 11) is -5.57. The largest absolute Gasteiger partial charge is 0.573 e. The summed E-state index contributed by atoms with van der Waals surface area (Å²) in [6, 6.07) is 1.71. The van der Waals surface area contributed by atoms with E-state index in [1.54, 1.807) is 0 Å². The molecule has 0 saturated heterocycles. The Balaban J connectivity index is 3.05. The van der Waals surface area contributed by atoms with Crippen molar-refractivity contribution in [1.29, 1.82) is 0 Å². The van der Waals surface area contributed by atoms with E-state index in [4.69, 9.17) is 0 Å². The molecule has 18 heavy (non-hydrogen) atoms. The van der Waals surface area contributed by atoms with Gasteiger partial charge in [-0.25, -0.2) is 8.42 Å². The third-order valence-corrected chi connectivity index (χ3v) is 3.17. The molecule has 0 heterocycles. The Labute approximate surface area is 96.9 Å². The van der Waals surface area contributed by atoms with Crippen molar-refractivity contribution in [3.63, 3.8) is 0 Å². The maximum absolute atomic E-state index is 12.1. The average Bonchev–Trinajstić information content (AvgIpc) is 2.14. The summed E-state index contributed by atoms with van der Waals surface area (Å²) in [5.41, 5.74) is -5.51. The SMILES string of the molecule is O=S(=O)(c1ccc(OC(F)(F)F)cc1)C(F)(F)F. The monoisotopic (exact) mass is 294 g/mol. The molecule has 0 N–H and O–H groups in total. The van der Waals surface area contributed by atoms with Crippen molar-refractivity contribution in [2.45, 2.75) is 16.8 Å². The summed E-state index contributed by atoms with van der Waals surface area (Å²) in [5.74, 6) is -0.816. The van der Waals surface area contributed by atoms with Crippen LogP contribution in [-0.4, -0.2) is 20.3 Å². The van der Waals surface area contributed by atoms with Crippen LogP contribution in [0, 0.1) is 0 Å². The van der Waals surface area contributed by atoms with Crippen LogP contribution in [0.15, 0.2) is 29.2 Å². The minimum Gasteiger partial charge on any atom is -0.406 e.